The Bertz CT molecular complexity index is 355. The van der Waals surface area contributed by atoms with Crippen molar-refractivity contribution in [2.24, 2.45) is 0 Å². The van der Waals surface area contributed by atoms with Crippen LogP contribution in [-0.4, -0.2) is 22.1 Å². The second kappa shape index (κ2) is 5.58. The SMILES string of the molecule is CCc1nc(C)c(CCNC(C)(C)C)c(C)n1. The lowest BCUT2D eigenvalue weighted by Gasteiger charge is -2.21. The van der Waals surface area contributed by atoms with Crippen molar-refractivity contribution in [2.75, 3.05) is 6.54 Å². The quantitative estimate of drug-likeness (QED) is 0.871. The molecule has 0 bridgehead atoms. The van der Waals surface area contributed by atoms with Crippen molar-refractivity contribution in [2.45, 2.75) is 59.9 Å². The highest BCUT2D eigenvalue weighted by molar-refractivity contribution is 5.24. The number of nitrogens with one attached hydrogen (secondary N) is 1. The maximum Gasteiger partial charge on any atom is 0.128 e. The van der Waals surface area contributed by atoms with Crippen LogP contribution >= 0.6 is 0 Å². The second-order valence-corrected chi connectivity index (χ2v) is 5.57. The molecule has 1 aromatic rings. The zero-order valence-corrected chi connectivity index (χ0v) is 12.0. The lowest BCUT2D eigenvalue weighted by Crippen LogP contribution is -2.37. The van der Waals surface area contributed by atoms with Crippen molar-refractivity contribution in [3.05, 3.63) is 22.8 Å². The summed E-state index contributed by atoms with van der Waals surface area (Å²) in [5, 5.41) is 3.50. The van der Waals surface area contributed by atoms with Gasteiger partial charge in [0.25, 0.3) is 0 Å². The van der Waals surface area contributed by atoms with E-state index in [2.05, 4.69) is 56.8 Å². The van der Waals surface area contributed by atoms with Crippen molar-refractivity contribution < 1.29 is 0 Å². The Labute approximate surface area is 105 Å². The lowest BCUT2D eigenvalue weighted by molar-refractivity contribution is 0.429. The number of nitrogens with zero attached hydrogens (tertiary/aromatic N) is 2. The Morgan fingerprint density at radius 2 is 1.59 bits per heavy atom. The molecule has 0 unspecified atom stereocenters. The molecule has 3 heteroatoms. The topological polar surface area (TPSA) is 37.8 Å². The van der Waals surface area contributed by atoms with E-state index in [-0.39, 0.29) is 5.54 Å². The number of hydrogen-bond acceptors (Lipinski definition) is 3. The molecular weight excluding hydrogens is 210 g/mol. The van der Waals surface area contributed by atoms with Gasteiger partial charge in [-0.3, -0.25) is 0 Å². The first-order chi connectivity index (χ1) is 7.83. The van der Waals surface area contributed by atoms with Crippen LogP contribution in [0.4, 0.5) is 0 Å². The van der Waals surface area contributed by atoms with Crippen LogP contribution in [0.5, 0.6) is 0 Å². The molecule has 0 aliphatic rings. The third-order valence-corrected chi connectivity index (χ3v) is 2.81. The van der Waals surface area contributed by atoms with Crippen molar-refractivity contribution in [1.29, 1.82) is 0 Å². The summed E-state index contributed by atoms with van der Waals surface area (Å²) >= 11 is 0. The van der Waals surface area contributed by atoms with Gasteiger partial charge in [0, 0.05) is 23.3 Å². The van der Waals surface area contributed by atoms with Crippen LogP contribution in [0, 0.1) is 13.8 Å². The molecule has 0 saturated carbocycles. The number of rotatable bonds is 4. The van der Waals surface area contributed by atoms with Crippen LogP contribution in [0.15, 0.2) is 0 Å². The Kier molecular flexibility index (Phi) is 4.63. The number of aromatic nitrogens is 2. The monoisotopic (exact) mass is 235 g/mol. The van der Waals surface area contributed by atoms with Gasteiger partial charge in [-0.25, -0.2) is 9.97 Å². The van der Waals surface area contributed by atoms with Gasteiger partial charge in [0.05, 0.1) is 0 Å². The molecule has 1 N–H and O–H groups in total. The van der Waals surface area contributed by atoms with Crippen LogP contribution in [0.2, 0.25) is 0 Å². The second-order valence-electron chi connectivity index (χ2n) is 5.57. The van der Waals surface area contributed by atoms with E-state index < -0.39 is 0 Å². The first-order valence-corrected chi connectivity index (χ1v) is 6.41. The van der Waals surface area contributed by atoms with Crippen LogP contribution < -0.4 is 5.32 Å². The van der Waals surface area contributed by atoms with Crippen LogP contribution in [-0.2, 0) is 12.8 Å². The molecule has 0 amide bonds. The predicted molar refractivity (Wildman–Crippen MR) is 72.3 cm³/mol. The maximum absolute atomic E-state index is 4.53. The molecule has 0 fully saturated rings. The number of aryl methyl sites for hydroxylation is 3. The lowest BCUT2D eigenvalue weighted by atomic mass is 10.1. The van der Waals surface area contributed by atoms with Gasteiger partial charge in [-0.15, -0.1) is 0 Å². The van der Waals surface area contributed by atoms with Gasteiger partial charge in [0.1, 0.15) is 5.82 Å². The van der Waals surface area contributed by atoms with E-state index in [9.17, 15) is 0 Å². The van der Waals surface area contributed by atoms with E-state index in [0.717, 1.165) is 36.6 Å². The summed E-state index contributed by atoms with van der Waals surface area (Å²) in [4.78, 5) is 9.06. The fraction of sp³-hybridized carbons (Fsp3) is 0.714. The van der Waals surface area contributed by atoms with E-state index in [0.29, 0.717) is 0 Å². The highest BCUT2D eigenvalue weighted by Crippen LogP contribution is 2.11. The molecule has 0 radical (unpaired) electrons. The van der Waals surface area contributed by atoms with Gasteiger partial charge in [0.15, 0.2) is 0 Å². The molecule has 0 saturated heterocycles. The standard InChI is InChI=1S/C14H25N3/c1-7-13-16-10(2)12(11(3)17-13)8-9-15-14(4,5)6/h15H,7-9H2,1-6H3. The van der Waals surface area contributed by atoms with Gasteiger partial charge in [-0.05, 0) is 53.1 Å². The molecule has 17 heavy (non-hydrogen) atoms. The maximum atomic E-state index is 4.53. The highest BCUT2D eigenvalue weighted by Gasteiger charge is 2.11. The molecule has 0 atom stereocenters. The minimum Gasteiger partial charge on any atom is -0.312 e. The van der Waals surface area contributed by atoms with Crippen molar-refractivity contribution in [1.82, 2.24) is 15.3 Å². The van der Waals surface area contributed by atoms with E-state index >= 15 is 0 Å². The molecule has 1 heterocycles. The Hall–Kier alpha value is -0.960. The van der Waals surface area contributed by atoms with Crippen molar-refractivity contribution in [3.63, 3.8) is 0 Å². The minimum atomic E-state index is 0.173. The molecular formula is C14H25N3. The van der Waals surface area contributed by atoms with Gasteiger partial charge in [-0.1, -0.05) is 6.92 Å². The van der Waals surface area contributed by atoms with E-state index in [1.807, 2.05) is 0 Å². The normalized spacial score (nSPS) is 11.9. The Balaban J connectivity index is 2.72. The molecule has 96 valence electrons. The Morgan fingerprint density at radius 3 is 2.00 bits per heavy atom. The van der Waals surface area contributed by atoms with Crippen LogP contribution in [0.25, 0.3) is 0 Å². The average molecular weight is 235 g/mol. The smallest absolute Gasteiger partial charge is 0.128 e. The summed E-state index contributed by atoms with van der Waals surface area (Å²) in [6.07, 6.45) is 1.90. The summed E-state index contributed by atoms with van der Waals surface area (Å²) in [7, 11) is 0. The molecule has 0 aromatic carbocycles. The predicted octanol–water partition coefficient (Wildman–Crippen LogP) is 2.59. The zero-order chi connectivity index (χ0) is 13.1. The largest absolute Gasteiger partial charge is 0.312 e. The van der Waals surface area contributed by atoms with Gasteiger partial charge < -0.3 is 5.32 Å². The molecule has 0 aliphatic heterocycles. The van der Waals surface area contributed by atoms with Crippen LogP contribution in [0.3, 0.4) is 0 Å². The summed E-state index contributed by atoms with van der Waals surface area (Å²) < 4.78 is 0. The summed E-state index contributed by atoms with van der Waals surface area (Å²) in [6.45, 7) is 13.8. The van der Waals surface area contributed by atoms with E-state index in [1.165, 1.54) is 5.56 Å². The third-order valence-electron chi connectivity index (χ3n) is 2.81. The van der Waals surface area contributed by atoms with Gasteiger partial charge >= 0.3 is 0 Å². The molecule has 0 spiro atoms. The summed E-state index contributed by atoms with van der Waals surface area (Å²) in [5.74, 6) is 0.951. The molecule has 3 nitrogen and oxygen atoms in total. The van der Waals surface area contributed by atoms with Gasteiger partial charge in [-0.2, -0.15) is 0 Å². The first-order valence-electron chi connectivity index (χ1n) is 6.41. The van der Waals surface area contributed by atoms with E-state index in [4.69, 9.17) is 0 Å². The van der Waals surface area contributed by atoms with E-state index in [1.54, 1.807) is 0 Å². The summed E-state index contributed by atoms with van der Waals surface area (Å²) in [5.41, 5.74) is 3.72. The average Bonchev–Trinajstić information content (AvgIpc) is 2.20. The highest BCUT2D eigenvalue weighted by atomic mass is 14.9. The van der Waals surface area contributed by atoms with Crippen LogP contribution in [0.1, 0.15) is 50.5 Å². The fourth-order valence-corrected chi connectivity index (χ4v) is 1.89. The minimum absolute atomic E-state index is 0.173. The van der Waals surface area contributed by atoms with Crippen molar-refractivity contribution in [3.8, 4) is 0 Å². The van der Waals surface area contributed by atoms with Crippen molar-refractivity contribution >= 4 is 0 Å². The first kappa shape index (κ1) is 14.1. The molecule has 0 aliphatic carbocycles. The zero-order valence-electron chi connectivity index (χ0n) is 12.0. The number of hydrogen-bond donors (Lipinski definition) is 1. The third kappa shape index (κ3) is 4.43. The fourth-order valence-electron chi connectivity index (χ4n) is 1.89. The summed E-state index contributed by atoms with van der Waals surface area (Å²) in [6, 6.07) is 0. The molecule has 1 aromatic heterocycles. The Morgan fingerprint density at radius 1 is 1.06 bits per heavy atom. The molecule has 1 rings (SSSR count). The van der Waals surface area contributed by atoms with Gasteiger partial charge in [0.2, 0.25) is 0 Å².